The third-order valence-electron chi connectivity index (χ3n) is 5.25. The van der Waals surface area contributed by atoms with Crippen LogP contribution in [0.2, 0.25) is 0 Å². The molecule has 2 aliphatic heterocycles. The predicted molar refractivity (Wildman–Crippen MR) is 79.7 cm³/mol. The standard InChI is InChI=1S/C15H30N4O/c1-11-9-14(18-20-11)13-5-3-12(4-6-13)10-16-15-7-8-19(2)17-15/h11-18H,3-10H2,1-2H3. The summed E-state index contributed by atoms with van der Waals surface area (Å²) in [7, 11) is 2.12. The molecule has 0 bridgehead atoms. The molecule has 3 aliphatic rings. The number of rotatable bonds is 4. The quantitative estimate of drug-likeness (QED) is 0.724. The van der Waals surface area contributed by atoms with Crippen LogP contribution in [0.1, 0.15) is 45.4 Å². The summed E-state index contributed by atoms with van der Waals surface area (Å²) in [5, 5.41) is 5.86. The van der Waals surface area contributed by atoms with Gasteiger partial charge in [0, 0.05) is 19.6 Å². The topological polar surface area (TPSA) is 48.6 Å². The fraction of sp³-hybridized carbons (Fsp3) is 1.00. The first kappa shape index (κ1) is 14.7. The molecule has 2 heterocycles. The summed E-state index contributed by atoms with van der Waals surface area (Å²) in [4.78, 5) is 5.50. The molecule has 20 heavy (non-hydrogen) atoms. The van der Waals surface area contributed by atoms with E-state index >= 15 is 0 Å². The van der Waals surface area contributed by atoms with Gasteiger partial charge in [-0.1, -0.05) is 0 Å². The van der Waals surface area contributed by atoms with Crippen molar-refractivity contribution in [3.63, 3.8) is 0 Å². The van der Waals surface area contributed by atoms with E-state index in [0.29, 0.717) is 18.3 Å². The van der Waals surface area contributed by atoms with Crippen molar-refractivity contribution >= 4 is 0 Å². The molecule has 5 heteroatoms. The van der Waals surface area contributed by atoms with Crippen molar-refractivity contribution in [1.82, 2.24) is 21.2 Å². The maximum absolute atomic E-state index is 5.50. The summed E-state index contributed by atoms with van der Waals surface area (Å²) in [6, 6.07) is 0.601. The molecule has 2 saturated heterocycles. The lowest BCUT2D eigenvalue weighted by molar-refractivity contribution is 0.0269. The first-order chi connectivity index (χ1) is 9.70. The van der Waals surface area contributed by atoms with E-state index in [1.165, 1.54) is 45.1 Å². The molecule has 0 aromatic carbocycles. The molecule has 0 amide bonds. The molecule has 5 nitrogen and oxygen atoms in total. The van der Waals surface area contributed by atoms with Gasteiger partial charge in [0.15, 0.2) is 0 Å². The first-order valence-corrected chi connectivity index (χ1v) is 8.32. The molecule has 3 unspecified atom stereocenters. The Morgan fingerprint density at radius 3 is 2.60 bits per heavy atom. The number of hydrogen-bond acceptors (Lipinski definition) is 5. The van der Waals surface area contributed by atoms with Gasteiger partial charge in [0.05, 0.1) is 12.3 Å². The second-order valence-electron chi connectivity index (χ2n) is 6.97. The molecule has 3 rings (SSSR count). The monoisotopic (exact) mass is 282 g/mol. The van der Waals surface area contributed by atoms with Gasteiger partial charge in [-0.05, 0) is 63.8 Å². The van der Waals surface area contributed by atoms with E-state index in [0.717, 1.165) is 18.4 Å². The predicted octanol–water partition coefficient (Wildman–Crippen LogP) is 1.23. The Hall–Kier alpha value is -0.200. The number of nitrogens with zero attached hydrogens (tertiary/aromatic N) is 1. The summed E-state index contributed by atoms with van der Waals surface area (Å²) in [5.74, 6) is 1.69. The van der Waals surface area contributed by atoms with Gasteiger partial charge in [0.25, 0.3) is 0 Å². The number of hydroxylamine groups is 1. The van der Waals surface area contributed by atoms with Gasteiger partial charge in [-0.3, -0.25) is 4.84 Å². The van der Waals surface area contributed by atoms with E-state index < -0.39 is 0 Å². The second kappa shape index (κ2) is 6.71. The minimum absolute atomic E-state index is 0.393. The van der Waals surface area contributed by atoms with Gasteiger partial charge in [-0.15, -0.1) is 0 Å². The van der Waals surface area contributed by atoms with Crippen molar-refractivity contribution in [3.8, 4) is 0 Å². The van der Waals surface area contributed by atoms with Crippen LogP contribution in [0.4, 0.5) is 0 Å². The fourth-order valence-corrected chi connectivity index (χ4v) is 3.92. The zero-order chi connectivity index (χ0) is 13.9. The van der Waals surface area contributed by atoms with Gasteiger partial charge in [0.2, 0.25) is 0 Å². The molecule has 3 fully saturated rings. The number of nitrogens with one attached hydrogen (secondary N) is 3. The minimum Gasteiger partial charge on any atom is -0.301 e. The Bertz CT molecular complexity index is 306. The average Bonchev–Trinajstić information content (AvgIpc) is 3.06. The summed E-state index contributed by atoms with van der Waals surface area (Å²) >= 11 is 0. The van der Waals surface area contributed by atoms with Crippen molar-refractivity contribution in [3.05, 3.63) is 0 Å². The normalized spacial score (nSPS) is 43.2. The maximum atomic E-state index is 5.50. The molecule has 0 spiro atoms. The highest BCUT2D eigenvalue weighted by molar-refractivity contribution is 4.85. The lowest BCUT2D eigenvalue weighted by Crippen LogP contribution is -2.44. The zero-order valence-electron chi connectivity index (χ0n) is 12.9. The summed E-state index contributed by atoms with van der Waals surface area (Å²) in [6.45, 7) is 4.48. The highest BCUT2D eigenvalue weighted by Gasteiger charge is 2.32. The molecular weight excluding hydrogens is 252 g/mol. The van der Waals surface area contributed by atoms with Crippen molar-refractivity contribution in [2.24, 2.45) is 11.8 Å². The van der Waals surface area contributed by atoms with Gasteiger partial charge in [-0.2, -0.15) is 5.48 Å². The van der Waals surface area contributed by atoms with Crippen LogP contribution in [-0.4, -0.2) is 43.5 Å². The highest BCUT2D eigenvalue weighted by atomic mass is 16.7. The van der Waals surface area contributed by atoms with E-state index in [-0.39, 0.29) is 0 Å². The molecule has 3 atom stereocenters. The van der Waals surface area contributed by atoms with Crippen molar-refractivity contribution in [2.75, 3.05) is 20.1 Å². The molecule has 0 radical (unpaired) electrons. The Balaban J connectivity index is 1.34. The van der Waals surface area contributed by atoms with E-state index in [1.54, 1.807) is 0 Å². The Morgan fingerprint density at radius 2 is 2.00 bits per heavy atom. The third kappa shape index (κ3) is 3.71. The van der Waals surface area contributed by atoms with E-state index in [4.69, 9.17) is 4.84 Å². The fourth-order valence-electron chi connectivity index (χ4n) is 3.92. The number of hydrogen-bond donors (Lipinski definition) is 3. The van der Waals surface area contributed by atoms with Crippen LogP contribution >= 0.6 is 0 Å². The van der Waals surface area contributed by atoms with Crippen LogP contribution in [0.15, 0.2) is 0 Å². The molecule has 116 valence electrons. The Labute approximate surface area is 122 Å². The average molecular weight is 282 g/mol. The maximum Gasteiger partial charge on any atom is 0.0778 e. The van der Waals surface area contributed by atoms with E-state index in [2.05, 4.69) is 35.2 Å². The molecule has 1 saturated carbocycles. The van der Waals surface area contributed by atoms with Crippen LogP contribution in [0.25, 0.3) is 0 Å². The van der Waals surface area contributed by atoms with Gasteiger partial charge < -0.3 is 5.32 Å². The van der Waals surface area contributed by atoms with E-state index in [1.807, 2.05) is 0 Å². The smallest absolute Gasteiger partial charge is 0.0778 e. The highest BCUT2D eigenvalue weighted by Crippen LogP contribution is 2.33. The number of hydrazine groups is 1. The van der Waals surface area contributed by atoms with Crippen LogP contribution in [0.3, 0.4) is 0 Å². The zero-order valence-corrected chi connectivity index (χ0v) is 12.9. The van der Waals surface area contributed by atoms with Crippen molar-refractivity contribution in [1.29, 1.82) is 0 Å². The van der Waals surface area contributed by atoms with Crippen LogP contribution in [-0.2, 0) is 4.84 Å². The van der Waals surface area contributed by atoms with E-state index in [9.17, 15) is 0 Å². The molecule has 0 aromatic heterocycles. The molecular formula is C15H30N4O. The summed E-state index contributed by atoms with van der Waals surface area (Å²) < 4.78 is 0. The minimum atomic E-state index is 0.393. The van der Waals surface area contributed by atoms with Gasteiger partial charge >= 0.3 is 0 Å². The summed E-state index contributed by atoms with van der Waals surface area (Å²) in [5.41, 5.74) is 6.69. The molecule has 0 aromatic rings. The SMILES string of the molecule is CC1CC(C2CCC(CNC3CCN(C)N3)CC2)NO1. The lowest BCUT2D eigenvalue weighted by Gasteiger charge is -2.32. The second-order valence-corrected chi connectivity index (χ2v) is 6.97. The Kier molecular flexibility index (Phi) is 4.94. The van der Waals surface area contributed by atoms with Crippen molar-refractivity contribution < 1.29 is 4.84 Å². The third-order valence-corrected chi connectivity index (χ3v) is 5.25. The van der Waals surface area contributed by atoms with Crippen LogP contribution in [0, 0.1) is 11.8 Å². The molecule has 1 aliphatic carbocycles. The lowest BCUT2D eigenvalue weighted by atomic mass is 9.77. The van der Waals surface area contributed by atoms with Crippen molar-refractivity contribution in [2.45, 2.75) is 63.8 Å². The van der Waals surface area contributed by atoms with Gasteiger partial charge in [0.1, 0.15) is 0 Å². The molecule has 3 N–H and O–H groups in total. The first-order valence-electron chi connectivity index (χ1n) is 8.32. The van der Waals surface area contributed by atoms with Crippen LogP contribution in [0.5, 0.6) is 0 Å². The largest absolute Gasteiger partial charge is 0.301 e. The van der Waals surface area contributed by atoms with Crippen LogP contribution < -0.4 is 16.2 Å². The van der Waals surface area contributed by atoms with Gasteiger partial charge in [-0.25, -0.2) is 10.4 Å². The Morgan fingerprint density at radius 1 is 1.20 bits per heavy atom. The summed E-state index contributed by atoms with van der Waals surface area (Å²) in [6.07, 6.45) is 8.74.